The molecular weight excluding hydrogens is 408 g/mol. The van der Waals surface area contributed by atoms with Crippen molar-refractivity contribution in [3.63, 3.8) is 0 Å². The molecule has 7 heteroatoms. The third-order valence-corrected chi connectivity index (χ3v) is 6.64. The first-order valence-electron chi connectivity index (χ1n) is 11.1. The summed E-state index contributed by atoms with van der Waals surface area (Å²) in [6, 6.07) is 9.46. The average Bonchev–Trinajstić information content (AvgIpc) is 2.81. The Kier molecular flexibility index (Phi) is 7.72. The number of hydrogen-bond donors (Lipinski definition) is 0. The molecule has 0 aromatic heterocycles. The molecule has 1 saturated heterocycles. The van der Waals surface area contributed by atoms with Crippen LogP contribution in [-0.4, -0.2) is 68.7 Å². The number of carbonyl (C=O) groups is 2. The van der Waals surface area contributed by atoms with Gasteiger partial charge in [0.05, 0.1) is 44.7 Å². The van der Waals surface area contributed by atoms with Crippen molar-refractivity contribution in [2.75, 3.05) is 27.9 Å². The van der Waals surface area contributed by atoms with Gasteiger partial charge in [0.25, 0.3) is 0 Å². The molecule has 7 nitrogen and oxygen atoms in total. The van der Waals surface area contributed by atoms with Crippen molar-refractivity contribution < 1.29 is 23.8 Å². The Labute approximate surface area is 190 Å². The summed E-state index contributed by atoms with van der Waals surface area (Å²) in [5.41, 5.74) is 0.959. The van der Waals surface area contributed by atoms with Crippen LogP contribution in [0, 0.1) is 23.7 Å². The van der Waals surface area contributed by atoms with Gasteiger partial charge in [-0.25, -0.2) is 0 Å². The summed E-state index contributed by atoms with van der Waals surface area (Å²) >= 11 is 0. The van der Waals surface area contributed by atoms with Crippen molar-refractivity contribution in [2.45, 2.75) is 38.9 Å². The number of amidine groups is 1. The topological polar surface area (TPSA) is 77.4 Å². The molecule has 4 rings (SSSR count). The Morgan fingerprint density at radius 2 is 1.62 bits per heavy atom. The van der Waals surface area contributed by atoms with E-state index in [2.05, 4.69) is 25.7 Å². The number of fused-ring (bicyclic) bond motifs is 2. The van der Waals surface area contributed by atoms with Crippen LogP contribution in [0.2, 0.25) is 0 Å². The zero-order chi connectivity index (χ0) is 23.4. The summed E-state index contributed by atoms with van der Waals surface area (Å²) in [4.78, 5) is 32.9. The third-order valence-electron chi connectivity index (χ3n) is 6.64. The summed E-state index contributed by atoms with van der Waals surface area (Å²) in [6.07, 6.45) is 4.04. The number of carbonyl (C=O) groups excluding carboxylic acids is 2. The van der Waals surface area contributed by atoms with Gasteiger partial charge in [-0.1, -0.05) is 56.3 Å². The molecule has 0 N–H and O–H groups in total. The summed E-state index contributed by atoms with van der Waals surface area (Å²) in [7, 11) is 4.39. The lowest BCUT2D eigenvalue weighted by Crippen LogP contribution is -2.65. The number of esters is 2. The predicted molar refractivity (Wildman–Crippen MR) is 122 cm³/mol. The molecule has 1 aromatic carbocycles. The lowest BCUT2D eigenvalue weighted by atomic mass is 9.65. The molecule has 0 saturated carbocycles. The van der Waals surface area contributed by atoms with Gasteiger partial charge in [0.1, 0.15) is 5.84 Å². The van der Waals surface area contributed by atoms with Crippen molar-refractivity contribution in [3.05, 3.63) is 48.0 Å². The fraction of sp³-hybridized carbons (Fsp3) is 0.560. The monoisotopic (exact) mass is 442 g/mol. The second-order valence-corrected chi connectivity index (χ2v) is 8.78. The predicted octanol–water partition coefficient (Wildman–Crippen LogP) is 2.94. The van der Waals surface area contributed by atoms with Crippen molar-refractivity contribution in [3.8, 4) is 0 Å². The van der Waals surface area contributed by atoms with Gasteiger partial charge in [-0.3, -0.25) is 14.6 Å². The van der Waals surface area contributed by atoms with Crippen LogP contribution in [0.3, 0.4) is 0 Å². The molecule has 6 atom stereocenters. The minimum atomic E-state index is -0.674. The standard InChI is InChI=1S/C25H34N2O5/c1-15(2)19(14-30-4)26-23(17-10-8-7-9-11-17)27-16(3)18-12-13-20(27)22(25(29)32-6)21(18)24(28)31-5/h7-13,15-16,18-22H,14H2,1-6H3/t16-,18+,19-,20+,21+,22-/m1/s1. The molecule has 3 aliphatic rings. The van der Waals surface area contributed by atoms with Crippen molar-refractivity contribution in [2.24, 2.45) is 28.7 Å². The average molecular weight is 443 g/mol. The fourth-order valence-corrected chi connectivity index (χ4v) is 4.90. The molecule has 1 fully saturated rings. The van der Waals surface area contributed by atoms with Crippen LogP contribution in [0.1, 0.15) is 26.3 Å². The van der Waals surface area contributed by atoms with Crippen LogP contribution in [-0.2, 0) is 23.8 Å². The van der Waals surface area contributed by atoms with Gasteiger partial charge in [0, 0.05) is 24.6 Å². The largest absolute Gasteiger partial charge is 0.469 e. The highest BCUT2D eigenvalue weighted by Gasteiger charge is 2.56. The SMILES string of the molecule is COC[C@@H](N=C(c1ccccc1)N1[C@H](C)[C@@H]2C=C[C@H]1[C@@H](C(=O)OC)[C@H]2C(=O)OC)C(C)C. The molecule has 1 aliphatic carbocycles. The molecule has 1 aromatic rings. The van der Waals surface area contributed by atoms with Gasteiger partial charge in [-0.2, -0.15) is 0 Å². The lowest BCUT2D eigenvalue weighted by Gasteiger charge is -2.54. The highest BCUT2D eigenvalue weighted by atomic mass is 16.5. The van der Waals surface area contributed by atoms with E-state index in [1.807, 2.05) is 42.5 Å². The molecular formula is C25H34N2O5. The second-order valence-electron chi connectivity index (χ2n) is 8.78. The molecule has 32 heavy (non-hydrogen) atoms. The highest BCUT2D eigenvalue weighted by Crippen LogP contribution is 2.45. The van der Waals surface area contributed by atoms with E-state index in [-0.39, 0.29) is 35.9 Å². The highest BCUT2D eigenvalue weighted by molar-refractivity contribution is 6.00. The Bertz CT molecular complexity index is 866. The number of ether oxygens (including phenoxy) is 3. The molecule has 2 heterocycles. The Balaban J connectivity index is 2.14. The summed E-state index contributed by atoms with van der Waals surface area (Å²) in [5, 5.41) is 0. The van der Waals surface area contributed by atoms with E-state index >= 15 is 0 Å². The van der Waals surface area contributed by atoms with Gasteiger partial charge in [0.2, 0.25) is 0 Å². The zero-order valence-corrected chi connectivity index (χ0v) is 19.7. The first kappa shape index (κ1) is 24.0. The first-order chi connectivity index (χ1) is 15.3. The minimum absolute atomic E-state index is 0.0557. The minimum Gasteiger partial charge on any atom is -0.469 e. The Morgan fingerprint density at radius 3 is 2.19 bits per heavy atom. The third kappa shape index (κ3) is 4.44. The van der Waals surface area contributed by atoms with Crippen LogP contribution in [0.4, 0.5) is 0 Å². The van der Waals surface area contributed by atoms with Gasteiger partial charge in [0.15, 0.2) is 0 Å². The van der Waals surface area contributed by atoms with Crippen molar-refractivity contribution >= 4 is 17.8 Å². The van der Waals surface area contributed by atoms with Crippen LogP contribution in [0.15, 0.2) is 47.5 Å². The van der Waals surface area contributed by atoms with Crippen LogP contribution >= 0.6 is 0 Å². The van der Waals surface area contributed by atoms with Gasteiger partial charge in [-0.05, 0) is 12.8 Å². The number of rotatable bonds is 7. The van der Waals surface area contributed by atoms with E-state index in [0.717, 1.165) is 11.4 Å². The maximum Gasteiger partial charge on any atom is 0.312 e. The van der Waals surface area contributed by atoms with E-state index in [9.17, 15) is 9.59 Å². The van der Waals surface area contributed by atoms with E-state index in [0.29, 0.717) is 6.61 Å². The number of nitrogens with zero attached hydrogens (tertiary/aromatic N) is 2. The number of piperidine rings is 1. The Morgan fingerprint density at radius 1 is 1.00 bits per heavy atom. The number of benzene rings is 1. The maximum atomic E-state index is 12.9. The summed E-state index contributed by atoms with van der Waals surface area (Å²) < 4.78 is 15.6. The summed E-state index contributed by atoms with van der Waals surface area (Å²) in [5.74, 6) is -1.21. The van der Waals surface area contributed by atoms with Crippen LogP contribution < -0.4 is 0 Å². The second kappa shape index (κ2) is 10.3. The fourth-order valence-electron chi connectivity index (χ4n) is 4.90. The molecule has 2 aliphatic heterocycles. The van der Waals surface area contributed by atoms with E-state index < -0.39 is 17.8 Å². The van der Waals surface area contributed by atoms with Crippen molar-refractivity contribution in [1.82, 2.24) is 4.90 Å². The molecule has 2 bridgehead atoms. The number of hydrogen-bond acceptors (Lipinski definition) is 6. The molecule has 0 amide bonds. The van der Waals surface area contributed by atoms with E-state index in [1.54, 1.807) is 7.11 Å². The summed E-state index contributed by atoms with van der Waals surface area (Å²) in [6.45, 7) is 6.80. The quantitative estimate of drug-likeness (QED) is 0.280. The van der Waals surface area contributed by atoms with Crippen molar-refractivity contribution in [1.29, 1.82) is 0 Å². The molecule has 0 radical (unpaired) electrons. The van der Waals surface area contributed by atoms with E-state index in [1.165, 1.54) is 14.2 Å². The van der Waals surface area contributed by atoms with Gasteiger partial charge >= 0.3 is 11.9 Å². The maximum absolute atomic E-state index is 12.9. The normalized spacial score (nSPS) is 28.0. The number of aliphatic imine (C=N–C) groups is 1. The van der Waals surface area contributed by atoms with Crippen LogP contribution in [0.5, 0.6) is 0 Å². The smallest absolute Gasteiger partial charge is 0.312 e. The molecule has 0 spiro atoms. The zero-order valence-electron chi connectivity index (χ0n) is 19.7. The van der Waals surface area contributed by atoms with E-state index in [4.69, 9.17) is 19.2 Å². The van der Waals surface area contributed by atoms with Gasteiger partial charge in [-0.15, -0.1) is 0 Å². The first-order valence-corrected chi connectivity index (χ1v) is 11.1. The lowest BCUT2D eigenvalue weighted by molar-refractivity contribution is -0.166. The Hall–Kier alpha value is -2.67. The number of methoxy groups -OCH3 is 3. The van der Waals surface area contributed by atoms with Gasteiger partial charge < -0.3 is 19.1 Å². The molecule has 174 valence electrons. The van der Waals surface area contributed by atoms with Crippen LogP contribution in [0.25, 0.3) is 0 Å². The molecule has 0 unspecified atom stereocenters.